The summed E-state index contributed by atoms with van der Waals surface area (Å²) in [6.45, 7) is 3.32. The van der Waals surface area contributed by atoms with E-state index in [0.717, 1.165) is 29.6 Å². The molecule has 3 heteroatoms. The first kappa shape index (κ1) is 15.3. The van der Waals surface area contributed by atoms with E-state index in [9.17, 15) is 0 Å². The van der Waals surface area contributed by atoms with Gasteiger partial charge in [-0.15, -0.1) is 0 Å². The monoisotopic (exact) mass is 306 g/mol. The molecule has 1 N–H and O–H groups in total. The van der Waals surface area contributed by atoms with Crippen LogP contribution in [-0.4, -0.2) is 30.6 Å². The first-order valence-electron chi connectivity index (χ1n) is 8.39. The number of nitrogens with zero attached hydrogens (tertiary/aromatic N) is 1. The van der Waals surface area contributed by atoms with E-state index in [1.807, 2.05) is 6.07 Å². The van der Waals surface area contributed by atoms with E-state index < -0.39 is 0 Å². The van der Waals surface area contributed by atoms with Gasteiger partial charge in [0.15, 0.2) is 0 Å². The molecule has 2 fully saturated rings. The van der Waals surface area contributed by atoms with Crippen molar-refractivity contribution in [3.8, 4) is 0 Å². The van der Waals surface area contributed by atoms with Gasteiger partial charge in [-0.25, -0.2) is 0 Å². The molecule has 0 spiro atoms. The zero-order valence-corrected chi connectivity index (χ0v) is 13.9. The predicted octanol–water partition coefficient (Wildman–Crippen LogP) is 4.25. The van der Waals surface area contributed by atoms with Crippen LogP contribution in [0, 0.1) is 5.92 Å². The summed E-state index contributed by atoms with van der Waals surface area (Å²) >= 11 is 6.22. The van der Waals surface area contributed by atoms with Crippen LogP contribution in [0.15, 0.2) is 24.3 Å². The SMILES string of the molecule is CCCNC(c1cccc(Cl)c1)C1CC2CCC(C1)N2C. The minimum absolute atomic E-state index is 0.459. The number of halogens is 1. The zero-order chi connectivity index (χ0) is 14.8. The van der Waals surface area contributed by atoms with Gasteiger partial charge in [-0.3, -0.25) is 0 Å². The standard InChI is InChI=1S/C18H27ClN2/c1-3-9-20-18(13-5-4-6-15(19)10-13)14-11-16-7-8-17(12-14)21(16)2/h4-6,10,14,16-18,20H,3,7-9,11-12H2,1-2H3. The van der Waals surface area contributed by atoms with E-state index in [-0.39, 0.29) is 0 Å². The molecule has 2 bridgehead atoms. The van der Waals surface area contributed by atoms with Crippen molar-refractivity contribution in [1.82, 2.24) is 10.2 Å². The second-order valence-corrected chi connectivity index (χ2v) is 7.21. The maximum absolute atomic E-state index is 6.22. The van der Waals surface area contributed by atoms with Gasteiger partial charge in [-0.1, -0.05) is 30.7 Å². The zero-order valence-electron chi connectivity index (χ0n) is 13.2. The number of hydrogen-bond acceptors (Lipinski definition) is 2. The highest BCUT2D eigenvalue weighted by Crippen LogP contribution is 2.42. The van der Waals surface area contributed by atoms with E-state index in [1.54, 1.807) is 0 Å². The molecular weight excluding hydrogens is 280 g/mol. The van der Waals surface area contributed by atoms with Crippen molar-refractivity contribution in [1.29, 1.82) is 0 Å². The van der Waals surface area contributed by atoms with Crippen molar-refractivity contribution in [3.63, 3.8) is 0 Å². The Morgan fingerprint density at radius 2 is 2.00 bits per heavy atom. The van der Waals surface area contributed by atoms with Crippen LogP contribution in [0.25, 0.3) is 0 Å². The Morgan fingerprint density at radius 3 is 2.62 bits per heavy atom. The van der Waals surface area contributed by atoms with E-state index in [2.05, 4.69) is 42.4 Å². The maximum atomic E-state index is 6.22. The fourth-order valence-electron chi connectivity index (χ4n) is 4.28. The second kappa shape index (κ2) is 6.68. The van der Waals surface area contributed by atoms with Crippen LogP contribution in [0.5, 0.6) is 0 Å². The number of fused-ring (bicyclic) bond motifs is 2. The van der Waals surface area contributed by atoms with E-state index in [1.165, 1.54) is 37.7 Å². The van der Waals surface area contributed by atoms with Crippen molar-refractivity contribution in [3.05, 3.63) is 34.9 Å². The number of benzene rings is 1. The third kappa shape index (κ3) is 3.28. The average molecular weight is 307 g/mol. The molecule has 2 heterocycles. The molecule has 2 aliphatic rings. The van der Waals surface area contributed by atoms with Crippen molar-refractivity contribution in [2.75, 3.05) is 13.6 Å². The summed E-state index contributed by atoms with van der Waals surface area (Å²) in [5, 5.41) is 4.64. The minimum atomic E-state index is 0.459. The molecule has 0 aromatic heterocycles. The van der Waals surface area contributed by atoms with Gasteiger partial charge in [0.25, 0.3) is 0 Å². The molecule has 3 atom stereocenters. The van der Waals surface area contributed by atoms with E-state index in [0.29, 0.717) is 6.04 Å². The minimum Gasteiger partial charge on any atom is -0.310 e. The van der Waals surface area contributed by atoms with Crippen LogP contribution in [0.2, 0.25) is 5.02 Å². The van der Waals surface area contributed by atoms with E-state index >= 15 is 0 Å². The van der Waals surface area contributed by atoms with Crippen LogP contribution in [0.4, 0.5) is 0 Å². The lowest BCUT2D eigenvalue weighted by Crippen LogP contribution is -2.43. The van der Waals surface area contributed by atoms with Gasteiger partial charge in [0.1, 0.15) is 0 Å². The lowest BCUT2D eigenvalue weighted by Gasteiger charge is -2.40. The van der Waals surface area contributed by atoms with Crippen LogP contribution in [0.1, 0.15) is 50.6 Å². The Kier molecular flexibility index (Phi) is 4.88. The van der Waals surface area contributed by atoms with Gasteiger partial charge < -0.3 is 10.2 Å². The molecule has 1 aromatic carbocycles. The molecule has 0 saturated carbocycles. The largest absolute Gasteiger partial charge is 0.310 e. The smallest absolute Gasteiger partial charge is 0.0409 e. The second-order valence-electron chi connectivity index (χ2n) is 6.77. The molecule has 116 valence electrons. The third-order valence-electron chi connectivity index (χ3n) is 5.43. The van der Waals surface area contributed by atoms with Crippen LogP contribution < -0.4 is 5.32 Å². The molecular formula is C18H27ClN2. The van der Waals surface area contributed by atoms with Gasteiger partial charge in [0, 0.05) is 23.1 Å². The van der Waals surface area contributed by atoms with Gasteiger partial charge in [-0.2, -0.15) is 0 Å². The first-order chi connectivity index (χ1) is 10.2. The summed E-state index contributed by atoms with van der Waals surface area (Å²) < 4.78 is 0. The molecule has 2 nitrogen and oxygen atoms in total. The normalized spacial score (nSPS) is 30.5. The lowest BCUT2D eigenvalue weighted by molar-refractivity contribution is 0.112. The number of hydrogen-bond donors (Lipinski definition) is 1. The molecule has 1 aromatic rings. The van der Waals surface area contributed by atoms with Gasteiger partial charge in [0.2, 0.25) is 0 Å². The van der Waals surface area contributed by atoms with Crippen LogP contribution >= 0.6 is 11.6 Å². The number of nitrogens with one attached hydrogen (secondary N) is 1. The van der Waals surface area contributed by atoms with Crippen molar-refractivity contribution in [2.45, 2.75) is 57.2 Å². The third-order valence-corrected chi connectivity index (χ3v) is 5.66. The molecule has 21 heavy (non-hydrogen) atoms. The lowest BCUT2D eigenvalue weighted by atomic mass is 9.82. The molecule has 2 saturated heterocycles. The maximum Gasteiger partial charge on any atom is 0.0409 e. The van der Waals surface area contributed by atoms with Gasteiger partial charge >= 0.3 is 0 Å². The Hall–Kier alpha value is -0.570. The molecule has 2 aliphatic heterocycles. The van der Waals surface area contributed by atoms with E-state index in [4.69, 9.17) is 11.6 Å². The first-order valence-corrected chi connectivity index (χ1v) is 8.77. The van der Waals surface area contributed by atoms with Crippen LogP contribution in [-0.2, 0) is 0 Å². The highest BCUT2D eigenvalue weighted by Gasteiger charge is 2.41. The predicted molar refractivity (Wildman–Crippen MR) is 89.8 cm³/mol. The Morgan fingerprint density at radius 1 is 1.29 bits per heavy atom. The van der Waals surface area contributed by atoms with Crippen molar-refractivity contribution in [2.24, 2.45) is 5.92 Å². The summed E-state index contributed by atoms with van der Waals surface area (Å²) in [5.74, 6) is 0.740. The molecule has 3 unspecified atom stereocenters. The molecule has 0 amide bonds. The number of rotatable bonds is 5. The Bertz CT molecular complexity index is 462. The van der Waals surface area contributed by atoms with Crippen LogP contribution in [0.3, 0.4) is 0 Å². The highest BCUT2D eigenvalue weighted by molar-refractivity contribution is 6.30. The van der Waals surface area contributed by atoms with Gasteiger partial charge in [0.05, 0.1) is 0 Å². The van der Waals surface area contributed by atoms with Crippen molar-refractivity contribution < 1.29 is 0 Å². The fraction of sp³-hybridized carbons (Fsp3) is 0.667. The van der Waals surface area contributed by atoms with Crippen molar-refractivity contribution >= 4 is 11.6 Å². The summed E-state index contributed by atoms with van der Waals surface area (Å²) in [6.07, 6.45) is 6.58. The Labute approximate surface area is 133 Å². The summed E-state index contributed by atoms with van der Waals surface area (Å²) in [7, 11) is 2.31. The molecule has 0 aliphatic carbocycles. The molecule has 3 rings (SSSR count). The topological polar surface area (TPSA) is 15.3 Å². The molecule has 0 radical (unpaired) electrons. The average Bonchev–Trinajstić information content (AvgIpc) is 2.70. The number of piperidine rings is 1. The fourth-order valence-corrected chi connectivity index (χ4v) is 4.48. The van der Waals surface area contributed by atoms with Gasteiger partial charge in [-0.05, 0) is 69.3 Å². The summed E-state index contributed by atoms with van der Waals surface area (Å²) in [4.78, 5) is 2.62. The highest BCUT2D eigenvalue weighted by atomic mass is 35.5. The summed E-state index contributed by atoms with van der Waals surface area (Å²) in [5.41, 5.74) is 1.37. The summed E-state index contributed by atoms with van der Waals surface area (Å²) in [6, 6.07) is 10.5. The Balaban J connectivity index is 1.79. The quantitative estimate of drug-likeness (QED) is 0.874.